The van der Waals surface area contributed by atoms with E-state index in [0.29, 0.717) is 19.6 Å². The summed E-state index contributed by atoms with van der Waals surface area (Å²) in [6, 6.07) is -0.387. The van der Waals surface area contributed by atoms with Crippen LogP contribution in [-0.2, 0) is 9.53 Å². The van der Waals surface area contributed by atoms with E-state index in [1.54, 1.807) is 0 Å². The summed E-state index contributed by atoms with van der Waals surface area (Å²) in [4.78, 5) is 12.2. The van der Waals surface area contributed by atoms with Crippen LogP contribution in [-0.4, -0.2) is 36.2 Å². The second kappa shape index (κ2) is 7.20. The Bertz CT molecular complexity index is 307. The highest BCUT2D eigenvalue weighted by atomic mass is 16.5. The van der Waals surface area contributed by atoms with Crippen LogP contribution in [0.25, 0.3) is 0 Å². The third-order valence-corrected chi connectivity index (χ3v) is 3.34. The van der Waals surface area contributed by atoms with Crippen LogP contribution in [0.15, 0.2) is 5.16 Å². The van der Waals surface area contributed by atoms with Gasteiger partial charge < -0.3 is 21.0 Å². The van der Waals surface area contributed by atoms with E-state index in [4.69, 9.17) is 15.7 Å². The lowest BCUT2D eigenvalue weighted by atomic mass is 9.89. The number of nitrogens with zero attached hydrogens (tertiary/aromatic N) is 1. The summed E-state index contributed by atoms with van der Waals surface area (Å²) in [7, 11) is 0. The van der Waals surface area contributed by atoms with E-state index in [2.05, 4.69) is 10.5 Å². The van der Waals surface area contributed by atoms with Crippen molar-refractivity contribution in [3.8, 4) is 0 Å². The van der Waals surface area contributed by atoms with Crippen molar-refractivity contribution in [2.24, 2.45) is 22.7 Å². The second-order valence-electron chi connectivity index (χ2n) is 4.82. The molecule has 1 fully saturated rings. The Morgan fingerprint density at radius 1 is 1.67 bits per heavy atom. The van der Waals surface area contributed by atoms with Crippen LogP contribution in [0.2, 0.25) is 0 Å². The van der Waals surface area contributed by atoms with E-state index in [1.165, 1.54) is 0 Å². The van der Waals surface area contributed by atoms with Crippen LogP contribution >= 0.6 is 0 Å². The van der Waals surface area contributed by atoms with Gasteiger partial charge in [-0.3, -0.25) is 4.79 Å². The predicted molar refractivity (Wildman–Crippen MR) is 68.3 cm³/mol. The number of ether oxygens (including phenoxy) is 1. The molecule has 1 heterocycles. The number of nitrogens with one attached hydrogen (secondary N) is 1. The van der Waals surface area contributed by atoms with Gasteiger partial charge in [0.1, 0.15) is 0 Å². The van der Waals surface area contributed by atoms with Crippen LogP contribution < -0.4 is 11.1 Å². The first-order valence-corrected chi connectivity index (χ1v) is 6.45. The average Bonchev–Trinajstić information content (AvgIpc) is 2.37. The summed E-state index contributed by atoms with van der Waals surface area (Å²) in [5, 5.41) is 14.5. The molecule has 0 spiro atoms. The van der Waals surface area contributed by atoms with E-state index in [1.807, 2.05) is 13.8 Å². The highest BCUT2D eigenvalue weighted by Gasteiger charge is 2.30. The molecule has 18 heavy (non-hydrogen) atoms. The van der Waals surface area contributed by atoms with Crippen molar-refractivity contribution in [2.45, 2.75) is 39.2 Å². The number of hydrogen-bond acceptors (Lipinski definition) is 4. The zero-order valence-electron chi connectivity index (χ0n) is 11.1. The minimum atomic E-state index is -0.387. The van der Waals surface area contributed by atoms with Gasteiger partial charge in [-0.15, -0.1) is 0 Å². The lowest BCUT2D eigenvalue weighted by Crippen LogP contribution is -2.49. The Hall–Kier alpha value is -1.30. The van der Waals surface area contributed by atoms with Gasteiger partial charge in [0, 0.05) is 19.1 Å². The first-order valence-electron chi connectivity index (χ1n) is 6.45. The molecule has 0 saturated carbocycles. The molecule has 0 aromatic carbocycles. The summed E-state index contributed by atoms with van der Waals surface area (Å²) in [5.74, 6) is 0.179. The van der Waals surface area contributed by atoms with Crippen molar-refractivity contribution in [1.29, 1.82) is 0 Å². The number of amides is 1. The van der Waals surface area contributed by atoms with Gasteiger partial charge in [0.15, 0.2) is 5.84 Å². The second-order valence-corrected chi connectivity index (χ2v) is 4.82. The Morgan fingerprint density at radius 2 is 2.39 bits per heavy atom. The molecule has 4 N–H and O–H groups in total. The van der Waals surface area contributed by atoms with Crippen molar-refractivity contribution in [3.05, 3.63) is 0 Å². The molecule has 3 atom stereocenters. The molecule has 6 heteroatoms. The first kappa shape index (κ1) is 14.8. The minimum absolute atomic E-state index is 0.0316. The van der Waals surface area contributed by atoms with E-state index in [0.717, 1.165) is 12.8 Å². The van der Waals surface area contributed by atoms with E-state index in [9.17, 15) is 4.79 Å². The van der Waals surface area contributed by atoms with Gasteiger partial charge in [0.25, 0.3) is 0 Å². The highest BCUT2D eigenvalue weighted by Crippen LogP contribution is 2.21. The highest BCUT2D eigenvalue weighted by molar-refractivity contribution is 5.90. The number of carbonyl (C=O) groups excluding carboxylic acids is 1. The first-order chi connectivity index (χ1) is 8.60. The van der Waals surface area contributed by atoms with Crippen molar-refractivity contribution in [2.75, 3.05) is 13.2 Å². The maximum atomic E-state index is 12.2. The Morgan fingerprint density at radius 3 is 2.94 bits per heavy atom. The third kappa shape index (κ3) is 3.87. The lowest BCUT2D eigenvalue weighted by Gasteiger charge is -2.29. The predicted octanol–water partition coefficient (Wildman–Crippen LogP) is 0.690. The standard InChI is InChI=1S/C12H23N3O3/c1-3-4-10(11(13)15-17)14-12(16)9-5-6-18-7-8(9)2/h8-10,17H,3-7H2,1-2H3,(H2,13,15)(H,14,16). The molecular weight excluding hydrogens is 234 g/mol. The smallest absolute Gasteiger partial charge is 0.224 e. The summed E-state index contributed by atoms with van der Waals surface area (Å²) < 4.78 is 5.31. The number of carbonyl (C=O) groups is 1. The van der Waals surface area contributed by atoms with E-state index < -0.39 is 0 Å². The molecule has 1 aliphatic heterocycles. The van der Waals surface area contributed by atoms with Crippen molar-refractivity contribution in [3.63, 3.8) is 0 Å². The van der Waals surface area contributed by atoms with E-state index >= 15 is 0 Å². The molecule has 0 bridgehead atoms. The normalized spacial score (nSPS) is 26.7. The fraction of sp³-hybridized carbons (Fsp3) is 0.833. The van der Waals surface area contributed by atoms with Gasteiger partial charge in [0.05, 0.1) is 6.04 Å². The number of rotatable bonds is 5. The number of oxime groups is 1. The number of nitrogens with two attached hydrogens (primary N) is 1. The van der Waals surface area contributed by atoms with E-state index in [-0.39, 0.29) is 29.6 Å². The molecule has 0 radical (unpaired) electrons. The largest absolute Gasteiger partial charge is 0.409 e. The molecule has 1 saturated heterocycles. The van der Waals surface area contributed by atoms with Gasteiger partial charge >= 0.3 is 0 Å². The van der Waals surface area contributed by atoms with Crippen LogP contribution in [0, 0.1) is 11.8 Å². The fourth-order valence-electron chi connectivity index (χ4n) is 2.20. The van der Waals surface area contributed by atoms with Gasteiger partial charge in [0.2, 0.25) is 5.91 Å². The zero-order valence-corrected chi connectivity index (χ0v) is 11.1. The van der Waals surface area contributed by atoms with Crippen molar-refractivity contribution in [1.82, 2.24) is 5.32 Å². The minimum Gasteiger partial charge on any atom is -0.409 e. The monoisotopic (exact) mass is 257 g/mol. The van der Waals surface area contributed by atoms with Gasteiger partial charge in [-0.1, -0.05) is 25.4 Å². The molecule has 3 unspecified atom stereocenters. The molecule has 1 amide bonds. The molecule has 0 aliphatic carbocycles. The summed E-state index contributed by atoms with van der Waals surface area (Å²) in [6.07, 6.45) is 2.24. The molecule has 104 valence electrons. The number of hydrogen-bond donors (Lipinski definition) is 3. The molecule has 1 rings (SSSR count). The Labute approximate surface area is 108 Å². The number of amidine groups is 1. The quantitative estimate of drug-likeness (QED) is 0.292. The van der Waals surface area contributed by atoms with Crippen molar-refractivity contribution < 1.29 is 14.7 Å². The van der Waals surface area contributed by atoms with Gasteiger partial charge in [-0.05, 0) is 18.8 Å². The summed E-state index contributed by atoms with van der Waals surface area (Å²) >= 11 is 0. The zero-order chi connectivity index (χ0) is 13.5. The van der Waals surface area contributed by atoms with Gasteiger partial charge in [-0.2, -0.15) is 0 Å². The fourth-order valence-corrected chi connectivity index (χ4v) is 2.20. The molecule has 1 aliphatic rings. The maximum Gasteiger partial charge on any atom is 0.224 e. The topological polar surface area (TPSA) is 96.9 Å². The molecule has 0 aromatic rings. The third-order valence-electron chi connectivity index (χ3n) is 3.34. The summed E-state index contributed by atoms with van der Waals surface area (Å²) in [6.45, 7) is 5.22. The SMILES string of the molecule is CCCC(NC(=O)C1CCOCC1C)C(N)=NO. The van der Waals surface area contributed by atoms with Crippen molar-refractivity contribution >= 4 is 11.7 Å². The summed E-state index contributed by atoms with van der Waals surface area (Å²) in [5.41, 5.74) is 5.58. The van der Waals surface area contributed by atoms with Gasteiger partial charge in [-0.25, -0.2) is 0 Å². The average molecular weight is 257 g/mol. The van der Waals surface area contributed by atoms with Crippen LogP contribution in [0.3, 0.4) is 0 Å². The molecule has 6 nitrogen and oxygen atoms in total. The van der Waals surface area contributed by atoms with Crippen LogP contribution in [0.1, 0.15) is 33.1 Å². The Balaban J connectivity index is 2.59. The maximum absolute atomic E-state index is 12.2. The lowest BCUT2D eigenvalue weighted by molar-refractivity contribution is -0.130. The van der Waals surface area contributed by atoms with Crippen LogP contribution in [0.5, 0.6) is 0 Å². The van der Waals surface area contributed by atoms with Crippen LogP contribution in [0.4, 0.5) is 0 Å². The molecular formula is C12H23N3O3. The molecule has 0 aromatic heterocycles. The Kier molecular flexibility index (Phi) is 5.91.